The minimum atomic E-state index is -0.189. The molecule has 0 aliphatic carbocycles. The van der Waals surface area contributed by atoms with Crippen LogP contribution in [0.1, 0.15) is 11.1 Å². The zero-order valence-corrected chi connectivity index (χ0v) is 14.2. The van der Waals surface area contributed by atoms with Crippen molar-refractivity contribution in [1.29, 1.82) is 0 Å². The zero-order valence-electron chi connectivity index (χ0n) is 14.2. The summed E-state index contributed by atoms with van der Waals surface area (Å²) in [5.41, 5.74) is 3.56. The van der Waals surface area contributed by atoms with Crippen molar-refractivity contribution in [2.24, 2.45) is 0 Å². The summed E-state index contributed by atoms with van der Waals surface area (Å²) in [6, 6.07) is 27.2. The van der Waals surface area contributed by atoms with E-state index < -0.39 is 0 Å². The Bertz CT molecular complexity index is 970. The third-order valence-corrected chi connectivity index (χ3v) is 4.24. The van der Waals surface area contributed by atoms with Crippen LogP contribution in [0.25, 0.3) is 11.0 Å². The molecule has 26 heavy (non-hydrogen) atoms. The van der Waals surface area contributed by atoms with Gasteiger partial charge in [0.05, 0.1) is 5.52 Å². The molecular weight excluding hydrogens is 324 g/mol. The van der Waals surface area contributed by atoms with Gasteiger partial charge in [-0.25, -0.2) is 4.79 Å². The van der Waals surface area contributed by atoms with Crippen LogP contribution in [0, 0.1) is 0 Å². The average molecular weight is 342 g/mol. The maximum Gasteiger partial charge on any atom is 0.347 e. The van der Waals surface area contributed by atoms with E-state index in [0.29, 0.717) is 24.1 Å². The van der Waals surface area contributed by atoms with Gasteiger partial charge in [0.15, 0.2) is 0 Å². The number of rotatable bonds is 4. The van der Waals surface area contributed by atoms with E-state index in [1.807, 2.05) is 84.9 Å². The van der Waals surface area contributed by atoms with Crippen molar-refractivity contribution < 1.29 is 4.79 Å². The van der Waals surface area contributed by atoms with Crippen LogP contribution in [0.3, 0.4) is 0 Å². The molecule has 0 N–H and O–H groups in total. The van der Waals surface area contributed by atoms with Crippen LogP contribution in [0.15, 0.2) is 84.9 Å². The second-order valence-electron chi connectivity index (χ2n) is 6.10. The van der Waals surface area contributed by atoms with Crippen LogP contribution in [-0.4, -0.2) is 25.9 Å². The molecule has 0 saturated carbocycles. The normalized spacial score (nSPS) is 10.8. The Morgan fingerprint density at radius 1 is 0.769 bits per heavy atom. The third-order valence-electron chi connectivity index (χ3n) is 4.24. The molecule has 0 bridgehead atoms. The molecule has 3 aromatic carbocycles. The molecule has 1 aromatic heterocycles. The summed E-state index contributed by atoms with van der Waals surface area (Å²) in [6.07, 6.45) is 0. The molecule has 0 unspecified atom stereocenters. The van der Waals surface area contributed by atoms with Crippen molar-refractivity contribution in [2.45, 2.75) is 13.1 Å². The summed E-state index contributed by atoms with van der Waals surface area (Å²) in [6.45, 7) is 1.01. The predicted molar refractivity (Wildman–Crippen MR) is 100 cm³/mol. The van der Waals surface area contributed by atoms with Crippen LogP contribution >= 0.6 is 0 Å². The second kappa shape index (κ2) is 7.19. The van der Waals surface area contributed by atoms with E-state index in [0.717, 1.165) is 11.1 Å². The molecule has 1 amide bonds. The maximum atomic E-state index is 13.2. The highest BCUT2D eigenvalue weighted by molar-refractivity contribution is 5.87. The van der Waals surface area contributed by atoms with Crippen molar-refractivity contribution in [3.05, 3.63) is 96.1 Å². The van der Waals surface area contributed by atoms with E-state index >= 15 is 0 Å². The van der Waals surface area contributed by atoms with Gasteiger partial charge in [-0.15, -0.1) is 5.10 Å². The maximum absolute atomic E-state index is 13.2. The number of nitrogens with zero attached hydrogens (tertiary/aromatic N) is 4. The van der Waals surface area contributed by atoms with Crippen LogP contribution in [0.4, 0.5) is 4.79 Å². The van der Waals surface area contributed by atoms with Crippen LogP contribution in [-0.2, 0) is 13.1 Å². The molecule has 0 atom stereocenters. The lowest BCUT2D eigenvalue weighted by molar-refractivity contribution is 0.191. The standard InChI is InChI=1S/C21H18N4O/c26-21(25-20-14-8-7-13-19(20)22-23-25)24(15-17-9-3-1-4-10-17)16-18-11-5-2-6-12-18/h1-14H,15-16H2. The highest BCUT2D eigenvalue weighted by Gasteiger charge is 2.20. The Kier molecular flexibility index (Phi) is 4.43. The van der Waals surface area contributed by atoms with Gasteiger partial charge in [0.25, 0.3) is 0 Å². The smallest absolute Gasteiger partial charge is 0.314 e. The number of hydrogen-bond acceptors (Lipinski definition) is 3. The van der Waals surface area contributed by atoms with E-state index in [9.17, 15) is 4.79 Å². The molecule has 0 aliphatic heterocycles. The van der Waals surface area contributed by atoms with E-state index in [1.54, 1.807) is 4.90 Å². The summed E-state index contributed by atoms with van der Waals surface area (Å²) in [5.74, 6) is 0. The summed E-state index contributed by atoms with van der Waals surface area (Å²) < 4.78 is 1.38. The molecule has 5 nitrogen and oxygen atoms in total. The van der Waals surface area contributed by atoms with E-state index in [2.05, 4.69) is 10.3 Å². The minimum Gasteiger partial charge on any atom is -0.314 e. The largest absolute Gasteiger partial charge is 0.347 e. The average Bonchev–Trinajstić information content (AvgIpc) is 3.13. The van der Waals surface area contributed by atoms with E-state index in [1.165, 1.54) is 4.68 Å². The fourth-order valence-electron chi connectivity index (χ4n) is 2.94. The topological polar surface area (TPSA) is 51.0 Å². The lowest BCUT2D eigenvalue weighted by Gasteiger charge is -2.22. The molecule has 1 heterocycles. The number of amides is 1. The first kappa shape index (κ1) is 16.0. The Morgan fingerprint density at radius 2 is 1.31 bits per heavy atom. The Balaban J connectivity index is 1.68. The first-order valence-corrected chi connectivity index (χ1v) is 8.49. The van der Waals surface area contributed by atoms with Gasteiger partial charge in [-0.3, -0.25) is 0 Å². The van der Waals surface area contributed by atoms with Crippen molar-refractivity contribution in [3.8, 4) is 0 Å². The summed E-state index contributed by atoms with van der Waals surface area (Å²) in [7, 11) is 0. The summed E-state index contributed by atoms with van der Waals surface area (Å²) >= 11 is 0. The molecule has 0 saturated heterocycles. The fourth-order valence-corrected chi connectivity index (χ4v) is 2.94. The quantitative estimate of drug-likeness (QED) is 0.561. The SMILES string of the molecule is O=C(N(Cc1ccccc1)Cc1ccccc1)n1nnc2ccccc21. The van der Waals surface area contributed by atoms with Gasteiger partial charge >= 0.3 is 6.03 Å². The number of hydrogen-bond donors (Lipinski definition) is 0. The van der Waals surface area contributed by atoms with Gasteiger partial charge in [-0.1, -0.05) is 78.0 Å². The molecule has 5 heteroatoms. The molecule has 4 aromatic rings. The van der Waals surface area contributed by atoms with E-state index in [4.69, 9.17) is 0 Å². The predicted octanol–water partition coefficient (Wildman–Crippen LogP) is 4.10. The van der Waals surface area contributed by atoms with Crippen molar-refractivity contribution >= 4 is 17.1 Å². The van der Waals surface area contributed by atoms with Gasteiger partial charge in [-0.05, 0) is 23.3 Å². The lowest BCUT2D eigenvalue weighted by atomic mass is 10.2. The Morgan fingerprint density at radius 3 is 1.92 bits per heavy atom. The zero-order chi connectivity index (χ0) is 17.8. The van der Waals surface area contributed by atoms with Crippen molar-refractivity contribution in [3.63, 3.8) is 0 Å². The van der Waals surface area contributed by atoms with Gasteiger partial charge in [-0.2, -0.15) is 4.68 Å². The molecule has 0 spiro atoms. The minimum absolute atomic E-state index is 0.189. The Hall–Kier alpha value is -3.47. The van der Waals surface area contributed by atoms with Gasteiger partial charge in [0, 0.05) is 13.1 Å². The molecule has 128 valence electrons. The van der Waals surface area contributed by atoms with Crippen LogP contribution in [0.5, 0.6) is 0 Å². The molecule has 0 radical (unpaired) electrons. The summed E-state index contributed by atoms with van der Waals surface area (Å²) in [4.78, 5) is 15.0. The monoisotopic (exact) mass is 342 g/mol. The first-order valence-electron chi connectivity index (χ1n) is 8.49. The van der Waals surface area contributed by atoms with Crippen LogP contribution < -0.4 is 0 Å². The Labute approximate surface area is 151 Å². The third kappa shape index (κ3) is 3.32. The number of carbonyl (C=O) groups excluding carboxylic acids is 1. The highest BCUT2D eigenvalue weighted by Crippen LogP contribution is 2.15. The second-order valence-corrected chi connectivity index (χ2v) is 6.10. The first-order chi connectivity index (χ1) is 12.8. The number of para-hydroxylation sites is 1. The number of fused-ring (bicyclic) bond motifs is 1. The van der Waals surface area contributed by atoms with Crippen LogP contribution in [0.2, 0.25) is 0 Å². The van der Waals surface area contributed by atoms with Gasteiger partial charge in [0.2, 0.25) is 0 Å². The van der Waals surface area contributed by atoms with Crippen molar-refractivity contribution in [2.75, 3.05) is 0 Å². The highest BCUT2D eigenvalue weighted by atomic mass is 16.2. The summed E-state index contributed by atoms with van der Waals surface area (Å²) in [5, 5.41) is 8.18. The van der Waals surface area contributed by atoms with Crippen molar-refractivity contribution in [1.82, 2.24) is 19.9 Å². The molecule has 0 aliphatic rings. The molecule has 0 fully saturated rings. The molecular formula is C21H18N4O. The molecule has 4 rings (SSSR count). The number of carbonyl (C=O) groups is 1. The lowest BCUT2D eigenvalue weighted by Crippen LogP contribution is -2.34. The number of benzene rings is 3. The van der Waals surface area contributed by atoms with Gasteiger partial charge in [0.1, 0.15) is 5.52 Å². The number of aromatic nitrogens is 3. The van der Waals surface area contributed by atoms with Gasteiger partial charge < -0.3 is 4.90 Å². The fraction of sp³-hybridized carbons (Fsp3) is 0.0952. The van der Waals surface area contributed by atoms with E-state index in [-0.39, 0.29) is 6.03 Å².